The van der Waals surface area contributed by atoms with Crippen molar-refractivity contribution in [3.63, 3.8) is 0 Å². The van der Waals surface area contributed by atoms with Gasteiger partial charge < -0.3 is 18.9 Å². The quantitative estimate of drug-likeness (QED) is 0.463. The Hall–Kier alpha value is -3.07. The van der Waals surface area contributed by atoms with Crippen molar-refractivity contribution >= 4 is 23.3 Å². The van der Waals surface area contributed by atoms with Crippen LogP contribution < -0.4 is 9.47 Å². The molecule has 0 bridgehead atoms. The van der Waals surface area contributed by atoms with E-state index < -0.39 is 11.4 Å². The minimum absolute atomic E-state index is 0.0709. The molecule has 0 aliphatic carbocycles. The van der Waals surface area contributed by atoms with Crippen LogP contribution in [0.3, 0.4) is 0 Å². The standard InChI is InChI=1S/C21H21N3O5S/c1-10-17(12(3)25)11(2)22-18(10)19(26)13(4)30-21-24-23-20(29-21)16-9-27-14-7-5-6-8-15(14)28-16/h5-8,13,16,22H,9H2,1-4H3/t13-,16+/m0/s1. The van der Waals surface area contributed by atoms with E-state index in [2.05, 4.69) is 15.2 Å². The van der Waals surface area contributed by atoms with E-state index in [9.17, 15) is 9.59 Å². The summed E-state index contributed by atoms with van der Waals surface area (Å²) in [6, 6.07) is 7.36. The molecule has 8 nitrogen and oxygen atoms in total. The number of ketones is 2. The highest BCUT2D eigenvalue weighted by Gasteiger charge is 2.29. The number of aromatic nitrogens is 3. The fourth-order valence-electron chi connectivity index (χ4n) is 3.47. The maximum atomic E-state index is 12.9. The summed E-state index contributed by atoms with van der Waals surface area (Å²) in [6.45, 7) is 7.06. The first-order valence-corrected chi connectivity index (χ1v) is 10.4. The van der Waals surface area contributed by atoms with Gasteiger partial charge in [-0.15, -0.1) is 10.2 Å². The number of carbonyl (C=O) groups is 2. The number of H-pyrrole nitrogens is 1. The number of nitrogens with one attached hydrogen (secondary N) is 1. The number of para-hydroxylation sites is 2. The molecule has 0 radical (unpaired) electrons. The number of carbonyl (C=O) groups excluding carboxylic acids is 2. The molecule has 1 N–H and O–H groups in total. The lowest BCUT2D eigenvalue weighted by atomic mass is 10.0. The van der Waals surface area contributed by atoms with Gasteiger partial charge in [-0.1, -0.05) is 23.9 Å². The third-order valence-corrected chi connectivity index (χ3v) is 5.82. The van der Waals surface area contributed by atoms with Crippen LogP contribution in [0.2, 0.25) is 0 Å². The lowest BCUT2D eigenvalue weighted by Crippen LogP contribution is -2.21. The lowest BCUT2D eigenvalue weighted by molar-refractivity contribution is 0.0686. The average Bonchev–Trinajstić information content (AvgIpc) is 3.30. The van der Waals surface area contributed by atoms with Crippen LogP contribution in [0.25, 0.3) is 0 Å². The highest BCUT2D eigenvalue weighted by Crippen LogP contribution is 2.36. The van der Waals surface area contributed by atoms with Gasteiger partial charge in [0.05, 0.1) is 10.9 Å². The summed E-state index contributed by atoms with van der Waals surface area (Å²) in [5.41, 5.74) is 2.34. The second-order valence-electron chi connectivity index (χ2n) is 7.08. The van der Waals surface area contributed by atoms with E-state index >= 15 is 0 Å². The van der Waals surface area contributed by atoms with Gasteiger partial charge in [0.25, 0.3) is 11.1 Å². The molecule has 0 spiro atoms. The average molecular weight is 427 g/mol. The number of aryl methyl sites for hydroxylation is 1. The molecule has 2 aromatic heterocycles. The summed E-state index contributed by atoms with van der Waals surface area (Å²) in [7, 11) is 0. The molecule has 4 rings (SSSR count). The molecule has 156 valence electrons. The third kappa shape index (κ3) is 3.72. The maximum Gasteiger partial charge on any atom is 0.277 e. The first kappa shape index (κ1) is 20.2. The molecule has 1 aliphatic rings. The summed E-state index contributed by atoms with van der Waals surface area (Å²) >= 11 is 1.16. The molecule has 0 fully saturated rings. The number of benzene rings is 1. The second kappa shape index (κ2) is 7.98. The smallest absolute Gasteiger partial charge is 0.277 e. The zero-order valence-corrected chi connectivity index (χ0v) is 17.8. The van der Waals surface area contributed by atoms with E-state index in [1.165, 1.54) is 6.92 Å². The summed E-state index contributed by atoms with van der Waals surface area (Å²) in [4.78, 5) is 27.8. The molecule has 0 amide bonds. The van der Waals surface area contributed by atoms with Crippen molar-refractivity contribution in [2.24, 2.45) is 0 Å². The number of hydrogen-bond donors (Lipinski definition) is 1. The van der Waals surface area contributed by atoms with Crippen molar-refractivity contribution in [1.82, 2.24) is 15.2 Å². The SMILES string of the molecule is CC(=O)c1c(C)[nH]c(C(=O)[C@H](C)Sc2nnc([C@H]3COc4ccccc4O3)o2)c1C. The van der Waals surface area contributed by atoms with Crippen molar-refractivity contribution in [1.29, 1.82) is 0 Å². The van der Waals surface area contributed by atoms with Crippen LogP contribution in [-0.4, -0.2) is 38.6 Å². The van der Waals surface area contributed by atoms with Gasteiger partial charge in [-0.05, 0) is 45.4 Å². The summed E-state index contributed by atoms with van der Waals surface area (Å²) < 4.78 is 17.3. The first-order chi connectivity index (χ1) is 14.3. The Morgan fingerprint density at radius 2 is 1.93 bits per heavy atom. The normalized spacial score (nSPS) is 16.3. The van der Waals surface area contributed by atoms with Crippen molar-refractivity contribution in [3.8, 4) is 11.5 Å². The fraction of sp³-hybridized carbons (Fsp3) is 0.333. The van der Waals surface area contributed by atoms with Gasteiger partial charge in [-0.25, -0.2) is 0 Å². The Kier molecular flexibility index (Phi) is 5.38. The van der Waals surface area contributed by atoms with Crippen molar-refractivity contribution in [2.45, 2.75) is 44.3 Å². The van der Waals surface area contributed by atoms with Crippen LogP contribution in [0, 0.1) is 13.8 Å². The Balaban J connectivity index is 1.46. The highest BCUT2D eigenvalue weighted by atomic mass is 32.2. The lowest BCUT2D eigenvalue weighted by Gasteiger charge is -2.23. The summed E-state index contributed by atoms with van der Waals surface area (Å²) in [5.74, 6) is 1.36. The number of ether oxygens (including phenoxy) is 2. The summed E-state index contributed by atoms with van der Waals surface area (Å²) in [5, 5.41) is 7.86. The number of Topliss-reactive ketones (excluding diaryl/α,β-unsaturated/α-hetero) is 2. The van der Waals surface area contributed by atoms with Gasteiger partial charge >= 0.3 is 0 Å². The van der Waals surface area contributed by atoms with Crippen LogP contribution in [0.1, 0.15) is 57.9 Å². The molecular formula is C21H21N3O5S. The Morgan fingerprint density at radius 3 is 2.63 bits per heavy atom. The third-order valence-electron chi connectivity index (χ3n) is 4.89. The van der Waals surface area contributed by atoms with E-state index in [1.54, 1.807) is 20.8 Å². The van der Waals surface area contributed by atoms with Gasteiger partial charge in [0.1, 0.15) is 6.61 Å². The molecule has 0 saturated heterocycles. The van der Waals surface area contributed by atoms with Gasteiger partial charge in [0.2, 0.25) is 6.10 Å². The zero-order chi connectivity index (χ0) is 21.4. The predicted molar refractivity (Wildman–Crippen MR) is 110 cm³/mol. The van der Waals surface area contributed by atoms with E-state index in [4.69, 9.17) is 13.9 Å². The Bertz CT molecular complexity index is 1120. The number of hydrogen-bond acceptors (Lipinski definition) is 8. The fourth-order valence-corrected chi connectivity index (χ4v) is 4.22. The maximum absolute atomic E-state index is 12.9. The van der Waals surface area contributed by atoms with Crippen LogP contribution in [-0.2, 0) is 0 Å². The number of aromatic amines is 1. The van der Waals surface area contributed by atoms with Crippen LogP contribution >= 0.6 is 11.8 Å². The molecule has 9 heteroatoms. The van der Waals surface area contributed by atoms with Crippen molar-refractivity contribution in [3.05, 3.63) is 52.7 Å². The van der Waals surface area contributed by atoms with Gasteiger partial charge in [-0.3, -0.25) is 9.59 Å². The zero-order valence-electron chi connectivity index (χ0n) is 17.0. The van der Waals surface area contributed by atoms with Crippen molar-refractivity contribution in [2.75, 3.05) is 6.61 Å². The van der Waals surface area contributed by atoms with Crippen molar-refractivity contribution < 1.29 is 23.5 Å². The van der Waals surface area contributed by atoms with Crippen LogP contribution in [0.5, 0.6) is 11.5 Å². The predicted octanol–water partition coefficient (Wildman–Crippen LogP) is 4.09. The second-order valence-corrected chi connectivity index (χ2v) is 8.37. The van der Waals surface area contributed by atoms with E-state index in [0.717, 1.165) is 11.8 Å². The molecule has 2 atom stereocenters. The first-order valence-electron chi connectivity index (χ1n) is 9.48. The summed E-state index contributed by atoms with van der Waals surface area (Å²) in [6.07, 6.45) is -0.515. The molecule has 1 aromatic carbocycles. The minimum atomic E-state index is -0.515. The molecule has 3 aromatic rings. The molecular weight excluding hydrogens is 406 g/mol. The molecule has 1 aliphatic heterocycles. The van der Waals surface area contributed by atoms with Gasteiger partial charge in [-0.2, -0.15) is 0 Å². The van der Waals surface area contributed by atoms with Crippen LogP contribution in [0.4, 0.5) is 0 Å². The highest BCUT2D eigenvalue weighted by molar-refractivity contribution is 8.00. The van der Waals surface area contributed by atoms with Gasteiger partial charge in [0, 0.05) is 11.3 Å². The van der Waals surface area contributed by atoms with E-state index in [1.807, 2.05) is 24.3 Å². The number of fused-ring (bicyclic) bond motifs is 1. The monoisotopic (exact) mass is 427 g/mol. The largest absolute Gasteiger partial charge is 0.485 e. The number of thioether (sulfide) groups is 1. The van der Waals surface area contributed by atoms with E-state index in [-0.39, 0.29) is 29.3 Å². The van der Waals surface area contributed by atoms with Crippen LogP contribution in [0.15, 0.2) is 33.9 Å². The van der Waals surface area contributed by atoms with E-state index in [0.29, 0.717) is 34.0 Å². The number of nitrogens with zero attached hydrogens (tertiary/aromatic N) is 2. The molecule has 30 heavy (non-hydrogen) atoms. The molecule has 0 unspecified atom stereocenters. The number of rotatable bonds is 6. The molecule has 3 heterocycles. The Labute approximate surface area is 177 Å². The minimum Gasteiger partial charge on any atom is -0.485 e. The topological polar surface area (TPSA) is 107 Å². The van der Waals surface area contributed by atoms with Gasteiger partial charge in [0.15, 0.2) is 23.1 Å². The molecule has 0 saturated carbocycles. The Morgan fingerprint density at radius 1 is 1.20 bits per heavy atom.